The summed E-state index contributed by atoms with van der Waals surface area (Å²) in [4.78, 5) is 17.4. The summed E-state index contributed by atoms with van der Waals surface area (Å²) < 4.78 is 0. The lowest BCUT2D eigenvalue weighted by Gasteiger charge is -2.23. The highest BCUT2D eigenvalue weighted by atomic mass is 32.2. The molecule has 1 aliphatic rings. The number of nitrogens with zero attached hydrogens (tertiary/aromatic N) is 1. The molecule has 6 heteroatoms. The second kappa shape index (κ2) is 7.14. The molecule has 0 aromatic carbocycles. The molecule has 0 spiro atoms. The minimum atomic E-state index is -0.0485. The first-order valence-electron chi connectivity index (χ1n) is 6.69. The Kier molecular flexibility index (Phi) is 5.51. The van der Waals surface area contributed by atoms with E-state index in [1.54, 1.807) is 11.3 Å². The lowest BCUT2D eigenvalue weighted by Crippen LogP contribution is -2.45. The van der Waals surface area contributed by atoms with Crippen molar-refractivity contribution in [3.63, 3.8) is 0 Å². The van der Waals surface area contributed by atoms with Crippen LogP contribution < -0.4 is 10.6 Å². The zero-order valence-corrected chi connectivity index (χ0v) is 13.1. The summed E-state index contributed by atoms with van der Waals surface area (Å²) in [6.45, 7) is 4.78. The van der Waals surface area contributed by atoms with Crippen molar-refractivity contribution >= 4 is 29.1 Å². The van der Waals surface area contributed by atoms with E-state index in [1.807, 2.05) is 18.0 Å². The van der Waals surface area contributed by atoms with E-state index >= 15 is 0 Å². The molecule has 2 atom stereocenters. The summed E-state index contributed by atoms with van der Waals surface area (Å²) in [6, 6.07) is 0.281. The Balaban J connectivity index is 1.70. The van der Waals surface area contributed by atoms with Crippen LogP contribution in [-0.2, 0) is 0 Å². The van der Waals surface area contributed by atoms with Gasteiger partial charge in [0.1, 0.15) is 0 Å². The van der Waals surface area contributed by atoms with Crippen molar-refractivity contribution in [2.24, 2.45) is 0 Å². The standard InChI is InChI=1S/C13H21N3OS2/c1-9(12-14-7-10(2)19-12)6-15-13(17)16-11-4-3-5-18-8-11/h7,9,11H,3-6,8H2,1-2H3,(H2,15,16,17)/t9-,11+/m1/s1. The van der Waals surface area contributed by atoms with Crippen LogP contribution in [0, 0.1) is 6.92 Å². The Morgan fingerprint density at radius 3 is 3.11 bits per heavy atom. The fourth-order valence-corrected chi connectivity index (χ4v) is 3.92. The predicted octanol–water partition coefficient (Wildman–Crippen LogP) is 2.75. The van der Waals surface area contributed by atoms with Crippen LogP contribution in [0.4, 0.5) is 4.79 Å². The molecule has 0 bridgehead atoms. The highest BCUT2D eigenvalue weighted by Gasteiger charge is 2.16. The first kappa shape index (κ1) is 14.7. The smallest absolute Gasteiger partial charge is 0.315 e. The number of carbonyl (C=O) groups excluding carboxylic acids is 1. The fourth-order valence-electron chi connectivity index (χ4n) is 2.02. The van der Waals surface area contributed by atoms with E-state index in [-0.39, 0.29) is 11.9 Å². The van der Waals surface area contributed by atoms with Crippen LogP contribution in [0.2, 0.25) is 0 Å². The quantitative estimate of drug-likeness (QED) is 0.899. The third-order valence-corrected chi connectivity index (χ3v) is 5.48. The summed E-state index contributed by atoms with van der Waals surface area (Å²) in [6.07, 6.45) is 4.18. The van der Waals surface area contributed by atoms with Crippen LogP contribution in [0.3, 0.4) is 0 Å². The van der Waals surface area contributed by atoms with Crippen molar-refractivity contribution in [2.45, 2.75) is 38.6 Å². The normalized spacial score (nSPS) is 20.8. The van der Waals surface area contributed by atoms with Gasteiger partial charge in [0, 0.05) is 35.3 Å². The number of nitrogens with one attached hydrogen (secondary N) is 2. The summed E-state index contributed by atoms with van der Waals surface area (Å²) >= 11 is 3.62. The zero-order chi connectivity index (χ0) is 13.7. The summed E-state index contributed by atoms with van der Waals surface area (Å²) in [5, 5.41) is 7.08. The molecule has 1 aromatic rings. The van der Waals surface area contributed by atoms with Crippen molar-refractivity contribution in [1.29, 1.82) is 0 Å². The molecule has 1 aliphatic heterocycles. The fraction of sp³-hybridized carbons (Fsp3) is 0.692. The molecule has 0 unspecified atom stereocenters. The number of thiazole rings is 1. The van der Waals surface area contributed by atoms with Crippen LogP contribution in [0.1, 0.15) is 35.6 Å². The number of amides is 2. The average Bonchev–Trinajstić information content (AvgIpc) is 2.84. The van der Waals surface area contributed by atoms with Gasteiger partial charge in [-0.3, -0.25) is 0 Å². The number of thioether (sulfide) groups is 1. The van der Waals surface area contributed by atoms with Crippen LogP contribution in [0.5, 0.6) is 0 Å². The van der Waals surface area contributed by atoms with Crippen molar-refractivity contribution < 1.29 is 4.79 Å². The third-order valence-electron chi connectivity index (χ3n) is 3.13. The van der Waals surface area contributed by atoms with Gasteiger partial charge in [-0.15, -0.1) is 11.3 Å². The minimum Gasteiger partial charge on any atom is -0.337 e. The van der Waals surface area contributed by atoms with E-state index in [0.29, 0.717) is 12.6 Å². The van der Waals surface area contributed by atoms with Gasteiger partial charge < -0.3 is 10.6 Å². The van der Waals surface area contributed by atoms with Gasteiger partial charge in [-0.05, 0) is 25.5 Å². The highest BCUT2D eigenvalue weighted by molar-refractivity contribution is 7.99. The molecule has 2 N–H and O–H groups in total. The summed E-state index contributed by atoms with van der Waals surface area (Å²) in [5.41, 5.74) is 0. The number of aromatic nitrogens is 1. The monoisotopic (exact) mass is 299 g/mol. The number of carbonyl (C=O) groups is 1. The molecule has 2 rings (SSSR count). The number of aryl methyl sites for hydroxylation is 1. The molecule has 1 saturated heterocycles. The molecule has 2 heterocycles. The molecule has 2 amide bonds. The van der Waals surface area contributed by atoms with Gasteiger partial charge >= 0.3 is 6.03 Å². The zero-order valence-electron chi connectivity index (χ0n) is 11.4. The second-order valence-electron chi connectivity index (χ2n) is 4.98. The number of hydrogen-bond acceptors (Lipinski definition) is 4. The summed E-state index contributed by atoms with van der Waals surface area (Å²) in [5.74, 6) is 2.53. The van der Waals surface area contributed by atoms with E-state index < -0.39 is 0 Å². The van der Waals surface area contributed by atoms with Crippen molar-refractivity contribution in [2.75, 3.05) is 18.1 Å². The topological polar surface area (TPSA) is 54.0 Å². The first-order valence-corrected chi connectivity index (χ1v) is 8.66. The lowest BCUT2D eigenvalue weighted by atomic mass is 10.2. The van der Waals surface area contributed by atoms with Gasteiger partial charge in [0.05, 0.1) is 5.01 Å². The van der Waals surface area contributed by atoms with Gasteiger partial charge in [-0.1, -0.05) is 6.92 Å². The average molecular weight is 299 g/mol. The maximum atomic E-state index is 11.8. The molecule has 19 heavy (non-hydrogen) atoms. The molecule has 1 aromatic heterocycles. The molecule has 0 saturated carbocycles. The Morgan fingerprint density at radius 1 is 1.63 bits per heavy atom. The Bertz CT molecular complexity index is 416. The van der Waals surface area contributed by atoms with Gasteiger partial charge in [0.25, 0.3) is 0 Å². The maximum Gasteiger partial charge on any atom is 0.315 e. The Labute approximate surface area is 122 Å². The Hall–Kier alpha value is -0.750. The van der Waals surface area contributed by atoms with Crippen molar-refractivity contribution in [3.8, 4) is 0 Å². The number of urea groups is 1. The maximum absolute atomic E-state index is 11.8. The van der Waals surface area contributed by atoms with E-state index in [2.05, 4.69) is 29.5 Å². The van der Waals surface area contributed by atoms with E-state index in [4.69, 9.17) is 0 Å². The highest BCUT2D eigenvalue weighted by Crippen LogP contribution is 2.20. The first-order chi connectivity index (χ1) is 9.15. The van der Waals surface area contributed by atoms with E-state index in [0.717, 1.165) is 17.2 Å². The molecule has 4 nitrogen and oxygen atoms in total. The minimum absolute atomic E-state index is 0.0485. The molecule has 106 valence electrons. The SMILES string of the molecule is Cc1cnc([C@H](C)CNC(=O)N[C@H]2CCCSC2)s1. The summed E-state index contributed by atoms with van der Waals surface area (Å²) in [7, 11) is 0. The van der Waals surface area contributed by atoms with Gasteiger partial charge in [-0.25, -0.2) is 9.78 Å². The number of hydrogen-bond donors (Lipinski definition) is 2. The van der Waals surface area contributed by atoms with Crippen molar-refractivity contribution in [1.82, 2.24) is 15.6 Å². The Morgan fingerprint density at radius 2 is 2.47 bits per heavy atom. The number of rotatable bonds is 4. The second-order valence-corrected chi connectivity index (χ2v) is 7.39. The van der Waals surface area contributed by atoms with Crippen molar-refractivity contribution in [3.05, 3.63) is 16.1 Å². The van der Waals surface area contributed by atoms with E-state index in [9.17, 15) is 4.79 Å². The van der Waals surface area contributed by atoms with Crippen LogP contribution in [0.25, 0.3) is 0 Å². The van der Waals surface area contributed by atoms with Crippen LogP contribution in [0.15, 0.2) is 6.20 Å². The largest absolute Gasteiger partial charge is 0.337 e. The van der Waals surface area contributed by atoms with E-state index in [1.165, 1.54) is 17.1 Å². The molecule has 0 radical (unpaired) electrons. The predicted molar refractivity (Wildman–Crippen MR) is 82.1 cm³/mol. The molecular formula is C13H21N3OS2. The molecule has 1 fully saturated rings. The van der Waals surface area contributed by atoms with Gasteiger partial charge in [-0.2, -0.15) is 11.8 Å². The van der Waals surface area contributed by atoms with Gasteiger partial charge in [0.2, 0.25) is 0 Å². The van der Waals surface area contributed by atoms with Gasteiger partial charge in [0.15, 0.2) is 0 Å². The third kappa shape index (κ3) is 4.69. The molecule has 0 aliphatic carbocycles. The van der Waals surface area contributed by atoms with Crippen LogP contribution in [-0.4, -0.2) is 35.1 Å². The molecular weight excluding hydrogens is 278 g/mol. The van der Waals surface area contributed by atoms with Crippen LogP contribution >= 0.6 is 23.1 Å². The lowest BCUT2D eigenvalue weighted by molar-refractivity contribution is 0.236.